The van der Waals surface area contributed by atoms with Crippen LogP contribution in [0.1, 0.15) is 12.5 Å². The number of nitrogens with two attached hydrogens (primary N) is 1. The molecule has 0 aliphatic rings. The second kappa shape index (κ2) is 8.16. The van der Waals surface area contributed by atoms with Crippen LogP contribution in [-0.2, 0) is 11.3 Å². The second-order valence-corrected chi connectivity index (χ2v) is 5.40. The number of aromatic nitrogens is 2. The van der Waals surface area contributed by atoms with Gasteiger partial charge in [-0.2, -0.15) is 0 Å². The van der Waals surface area contributed by atoms with Crippen molar-refractivity contribution in [1.82, 2.24) is 9.55 Å². The van der Waals surface area contributed by atoms with Gasteiger partial charge >= 0.3 is 5.69 Å². The number of nitrogens with zero attached hydrogens (tertiary/aromatic N) is 1. The van der Waals surface area contributed by atoms with Crippen LogP contribution < -0.4 is 22.3 Å². The van der Waals surface area contributed by atoms with Crippen LogP contribution in [0.15, 0.2) is 52.6 Å². The number of rotatable bonds is 8. The smallest absolute Gasteiger partial charge is 0.330 e. The maximum absolute atomic E-state index is 12.1. The molecule has 0 saturated heterocycles. The molecule has 0 spiro atoms. The van der Waals surface area contributed by atoms with Crippen molar-refractivity contribution in [3.05, 3.63) is 69.4 Å². The van der Waals surface area contributed by atoms with E-state index >= 15 is 0 Å². The number of hydrogen-bond donors (Lipinski definition) is 3. The lowest BCUT2D eigenvalue weighted by atomic mass is 10.2. The van der Waals surface area contributed by atoms with Crippen LogP contribution in [0.25, 0.3) is 0 Å². The summed E-state index contributed by atoms with van der Waals surface area (Å²) in [5.41, 5.74) is 6.04. The molecule has 1 heterocycles. The Morgan fingerprint density at radius 1 is 1.38 bits per heavy atom. The number of anilines is 2. The van der Waals surface area contributed by atoms with Gasteiger partial charge in [-0.25, -0.2) is 4.79 Å². The van der Waals surface area contributed by atoms with Gasteiger partial charge in [0.25, 0.3) is 5.56 Å². The van der Waals surface area contributed by atoms with Gasteiger partial charge in [0.1, 0.15) is 11.5 Å². The van der Waals surface area contributed by atoms with Crippen LogP contribution in [0.3, 0.4) is 0 Å². The Hall–Kier alpha value is -2.80. The highest BCUT2D eigenvalue weighted by atomic mass is 16.5. The van der Waals surface area contributed by atoms with Gasteiger partial charge < -0.3 is 15.8 Å². The van der Waals surface area contributed by atoms with Crippen molar-refractivity contribution in [2.24, 2.45) is 0 Å². The number of nitrogen functional groups attached to an aromatic ring is 1. The summed E-state index contributed by atoms with van der Waals surface area (Å²) in [6.45, 7) is 6.52. The molecule has 0 aliphatic carbocycles. The lowest BCUT2D eigenvalue weighted by molar-refractivity contribution is 0.0980. The molecule has 0 bridgehead atoms. The Kier molecular flexibility index (Phi) is 5.97. The molecule has 128 valence electrons. The molecule has 2 aromatic rings. The van der Waals surface area contributed by atoms with Crippen molar-refractivity contribution in [1.29, 1.82) is 0 Å². The molecule has 1 aromatic carbocycles. The number of benzene rings is 1. The molecule has 4 N–H and O–H groups in total. The first kappa shape index (κ1) is 17.6. The Balaban J connectivity index is 2.23. The summed E-state index contributed by atoms with van der Waals surface area (Å²) in [4.78, 5) is 26.4. The minimum atomic E-state index is -0.544. The third-order valence-corrected chi connectivity index (χ3v) is 3.49. The molecule has 1 unspecified atom stereocenters. The highest BCUT2D eigenvalue weighted by Gasteiger charge is 2.13. The van der Waals surface area contributed by atoms with E-state index in [0.29, 0.717) is 13.2 Å². The van der Waals surface area contributed by atoms with Crippen molar-refractivity contribution in [3.63, 3.8) is 0 Å². The van der Waals surface area contributed by atoms with Gasteiger partial charge in [0.2, 0.25) is 0 Å². The van der Waals surface area contributed by atoms with Gasteiger partial charge in [-0.1, -0.05) is 36.4 Å². The molecule has 0 amide bonds. The van der Waals surface area contributed by atoms with Crippen molar-refractivity contribution < 1.29 is 4.74 Å². The highest BCUT2D eigenvalue weighted by Crippen LogP contribution is 2.12. The van der Waals surface area contributed by atoms with E-state index in [0.717, 1.165) is 5.56 Å². The zero-order chi connectivity index (χ0) is 17.5. The summed E-state index contributed by atoms with van der Waals surface area (Å²) >= 11 is 0. The number of aromatic amines is 1. The van der Waals surface area contributed by atoms with Gasteiger partial charge in [0.05, 0.1) is 19.3 Å². The maximum atomic E-state index is 12.1. The molecule has 0 saturated carbocycles. The molecule has 24 heavy (non-hydrogen) atoms. The third-order valence-electron chi connectivity index (χ3n) is 3.49. The fourth-order valence-corrected chi connectivity index (χ4v) is 2.22. The number of nitrogens with one attached hydrogen (secondary N) is 2. The zero-order valence-electron chi connectivity index (χ0n) is 13.6. The summed E-state index contributed by atoms with van der Waals surface area (Å²) < 4.78 is 6.77. The first-order valence-corrected chi connectivity index (χ1v) is 7.65. The zero-order valence-corrected chi connectivity index (χ0v) is 13.6. The molecule has 0 radical (unpaired) electrons. The van der Waals surface area contributed by atoms with Crippen molar-refractivity contribution in [2.75, 3.05) is 24.2 Å². The Labute approximate surface area is 139 Å². The van der Waals surface area contributed by atoms with E-state index in [-0.39, 0.29) is 24.2 Å². The van der Waals surface area contributed by atoms with Crippen LogP contribution in [0.5, 0.6) is 0 Å². The predicted molar refractivity (Wildman–Crippen MR) is 95.4 cm³/mol. The summed E-state index contributed by atoms with van der Waals surface area (Å²) in [5, 5.41) is 2.96. The summed E-state index contributed by atoms with van der Waals surface area (Å²) in [6.07, 6.45) is 1.51. The van der Waals surface area contributed by atoms with Crippen LogP contribution in [0, 0.1) is 0 Å². The van der Waals surface area contributed by atoms with Crippen molar-refractivity contribution >= 4 is 11.5 Å². The van der Waals surface area contributed by atoms with E-state index in [4.69, 9.17) is 10.5 Å². The normalized spacial score (nSPS) is 11.9. The Morgan fingerprint density at radius 2 is 2.08 bits per heavy atom. The topological polar surface area (TPSA) is 102 Å². The molecule has 7 nitrogen and oxygen atoms in total. The predicted octanol–water partition coefficient (Wildman–Crippen LogP) is 1.17. The van der Waals surface area contributed by atoms with Gasteiger partial charge in [-0.15, -0.1) is 6.58 Å². The molecule has 0 aliphatic heterocycles. The second-order valence-electron chi connectivity index (χ2n) is 5.40. The fourth-order valence-electron chi connectivity index (χ4n) is 2.22. The van der Waals surface area contributed by atoms with E-state index < -0.39 is 11.2 Å². The van der Waals surface area contributed by atoms with Gasteiger partial charge in [0, 0.05) is 6.54 Å². The molecule has 7 heteroatoms. The average Bonchev–Trinajstić information content (AvgIpc) is 2.57. The summed E-state index contributed by atoms with van der Waals surface area (Å²) in [5.74, 6) is 0.100. The largest absolute Gasteiger partial charge is 0.383 e. The number of hydrogen-bond acceptors (Lipinski definition) is 5. The number of ether oxygens (including phenoxy) is 1. The van der Waals surface area contributed by atoms with Crippen LogP contribution in [-0.4, -0.2) is 28.8 Å². The Morgan fingerprint density at radius 3 is 2.75 bits per heavy atom. The lowest BCUT2D eigenvalue weighted by Gasteiger charge is -2.16. The van der Waals surface area contributed by atoms with Crippen molar-refractivity contribution in [2.45, 2.75) is 19.6 Å². The standard InChI is InChI=1S/C17H22N4O3/c1-3-9-24-12(2)10-19-14-15(18)21(17(23)20-16(14)22)11-13-7-5-4-6-8-13/h3-8,12,19H,1,9-11,18H2,2H3,(H,20,22,23). The quantitative estimate of drug-likeness (QED) is 0.631. The molecule has 1 atom stereocenters. The minimum Gasteiger partial charge on any atom is -0.383 e. The van der Waals surface area contributed by atoms with E-state index in [2.05, 4.69) is 16.9 Å². The number of H-pyrrole nitrogens is 1. The lowest BCUT2D eigenvalue weighted by Crippen LogP contribution is -2.35. The van der Waals surface area contributed by atoms with Crippen molar-refractivity contribution in [3.8, 4) is 0 Å². The molecule has 2 rings (SSSR count). The average molecular weight is 330 g/mol. The summed E-state index contributed by atoms with van der Waals surface area (Å²) in [7, 11) is 0. The Bertz CT molecular complexity index is 796. The highest BCUT2D eigenvalue weighted by molar-refractivity contribution is 5.60. The molecular formula is C17H22N4O3. The fraction of sp³-hybridized carbons (Fsp3) is 0.294. The van der Waals surface area contributed by atoms with Gasteiger partial charge in [-0.3, -0.25) is 14.3 Å². The molecule has 0 fully saturated rings. The molecular weight excluding hydrogens is 308 g/mol. The first-order valence-electron chi connectivity index (χ1n) is 7.65. The van der Waals surface area contributed by atoms with Gasteiger partial charge in [-0.05, 0) is 12.5 Å². The van der Waals surface area contributed by atoms with Gasteiger partial charge in [0.15, 0.2) is 0 Å². The first-order chi connectivity index (χ1) is 11.5. The van der Waals surface area contributed by atoms with Crippen LogP contribution in [0.2, 0.25) is 0 Å². The monoisotopic (exact) mass is 330 g/mol. The van der Waals surface area contributed by atoms with Crippen LogP contribution in [0.4, 0.5) is 11.5 Å². The minimum absolute atomic E-state index is 0.100. The molecule has 1 aromatic heterocycles. The summed E-state index contributed by atoms with van der Waals surface area (Å²) in [6, 6.07) is 9.41. The van der Waals surface area contributed by atoms with E-state index in [1.807, 2.05) is 37.3 Å². The maximum Gasteiger partial charge on any atom is 0.330 e. The third kappa shape index (κ3) is 4.36. The SMILES string of the molecule is C=CCOC(C)CNc1c(N)n(Cc2ccccc2)c(=O)[nH]c1=O. The van der Waals surface area contributed by atoms with E-state index in [1.165, 1.54) is 4.57 Å². The van der Waals surface area contributed by atoms with E-state index in [1.54, 1.807) is 6.08 Å². The van der Waals surface area contributed by atoms with E-state index in [9.17, 15) is 9.59 Å². The van der Waals surface area contributed by atoms with Crippen LogP contribution >= 0.6 is 0 Å².